The van der Waals surface area contributed by atoms with Crippen molar-refractivity contribution >= 4 is 14.3 Å². The first-order chi connectivity index (χ1) is 11.6. The first-order valence-corrected chi connectivity index (χ1v) is 12.8. The third-order valence-corrected chi connectivity index (χ3v) is 10.4. The molecule has 0 heterocycles. The maximum absolute atomic E-state index is 11.0. The summed E-state index contributed by atoms with van der Waals surface area (Å²) in [6.07, 6.45) is 7.13. The minimum absolute atomic E-state index is 0.0119. The van der Waals surface area contributed by atoms with Gasteiger partial charge >= 0.3 is 5.97 Å². The van der Waals surface area contributed by atoms with Gasteiger partial charge in [-0.3, -0.25) is 4.79 Å². The van der Waals surface area contributed by atoms with Crippen LogP contribution in [0.5, 0.6) is 0 Å². The molecule has 0 spiro atoms. The summed E-state index contributed by atoms with van der Waals surface area (Å²) in [6.45, 7) is 17.9. The van der Waals surface area contributed by atoms with E-state index in [1.165, 1.54) is 0 Å². The van der Waals surface area contributed by atoms with E-state index in [0.717, 1.165) is 12.8 Å². The second-order valence-corrected chi connectivity index (χ2v) is 15.5. The molecule has 1 rings (SSSR count). The van der Waals surface area contributed by atoms with Crippen molar-refractivity contribution in [2.45, 2.75) is 103 Å². The Labute approximate surface area is 161 Å². The van der Waals surface area contributed by atoms with Crippen molar-refractivity contribution in [3.63, 3.8) is 0 Å². The van der Waals surface area contributed by atoms with Gasteiger partial charge in [0.15, 0.2) is 8.32 Å². The molecule has 0 bridgehead atoms. The molecule has 1 aliphatic rings. The van der Waals surface area contributed by atoms with Crippen molar-refractivity contribution in [1.82, 2.24) is 0 Å². The van der Waals surface area contributed by atoms with Gasteiger partial charge in [0.2, 0.25) is 0 Å². The van der Waals surface area contributed by atoms with E-state index in [2.05, 4.69) is 66.8 Å². The number of hydrogen-bond acceptors (Lipinski definition) is 3. The van der Waals surface area contributed by atoms with E-state index < -0.39 is 19.9 Å². The van der Waals surface area contributed by atoms with Crippen LogP contribution in [0.15, 0.2) is 12.2 Å². The van der Waals surface area contributed by atoms with Gasteiger partial charge in [0, 0.05) is 0 Å². The van der Waals surface area contributed by atoms with E-state index in [1.807, 2.05) is 0 Å². The van der Waals surface area contributed by atoms with E-state index in [1.54, 1.807) is 0 Å². The van der Waals surface area contributed by atoms with Crippen LogP contribution < -0.4 is 0 Å². The van der Waals surface area contributed by atoms with Crippen LogP contribution in [0, 0.1) is 11.3 Å². The minimum Gasteiger partial charge on any atom is -0.481 e. The van der Waals surface area contributed by atoms with Gasteiger partial charge in [0.25, 0.3) is 0 Å². The Bertz CT molecular complexity index is 513. The van der Waals surface area contributed by atoms with Crippen molar-refractivity contribution < 1.29 is 19.4 Å². The molecule has 0 aromatic carbocycles. The Hall–Kier alpha value is -0.653. The van der Waals surface area contributed by atoms with Crippen LogP contribution in [-0.2, 0) is 9.22 Å². The highest BCUT2D eigenvalue weighted by atomic mass is 28.4. The molecule has 0 aromatic heterocycles. The van der Waals surface area contributed by atoms with E-state index in [0.29, 0.717) is 12.8 Å². The fourth-order valence-corrected chi connectivity index (χ4v) is 4.67. The SMILES string of the molecule is CC(C)(C)C(/C=C/C1CCCC(O)(CC(=O)O)C1)O[Si](C)(C)C(C)(C)C. The molecule has 152 valence electrons. The van der Waals surface area contributed by atoms with Gasteiger partial charge in [0.05, 0.1) is 18.1 Å². The molecule has 0 amide bonds. The zero-order valence-electron chi connectivity index (χ0n) is 18.1. The smallest absolute Gasteiger partial charge is 0.306 e. The Morgan fingerprint density at radius 2 is 1.85 bits per heavy atom. The summed E-state index contributed by atoms with van der Waals surface area (Å²) in [5, 5.41) is 19.8. The Kier molecular flexibility index (Phi) is 7.33. The third kappa shape index (κ3) is 6.82. The third-order valence-electron chi connectivity index (χ3n) is 5.98. The van der Waals surface area contributed by atoms with Crippen LogP contribution in [0.4, 0.5) is 0 Å². The van der Waals surface area contributed by atoms with Gasteiger partial charge in [-0.1, -0.05) is 53.7 Å². The zero-order valence-corrected chi connectivity index (χ0v) is 19.1. The van der Waals surface area contributed by atoms with Gasteiger partial charge in [-0.25, -0.2) is 0 Å². The largest absolute Gasteiger partial charge is 0.481 e. The summed E-state index contributed by atoms with van der Waals surface area (Å²) < 4.78 is 6.67. The Balaban J connectivity index is 2.90. The molecular formula is C21H40O4Si. The van der Waals surface area contributed by atoms with Crippen molar-refractivity contribution in [1.29, 1.82) is 0 Å². The lowest BCUT2D eigenvalue weighted by Gasteiger charge is -2.42. The lowest BCUT2D eigenvalue weighted by molar-refractivity contribution is -0.144. The molecule has 3 atom stereocenters. The molecule has 5 heteroatoms. The lowest BCUT2D eigenvalue weighted by atomic mass is 9.76. The number of carboxylic acid groups (broad SMARTS) is 1. The molecule has 0 aromatic rings. The standard InChI is InChI=1S/C21H40O4Si/c1-19(2,3)17(25-26(7,8)20(4,5)6)12-11-16-10-9-13-21(24,14-16)15-18(22)23/h11-12,16-17,24H,9-10,13-15H2,1-8H3,(H,22,23)/b12-11+. The van der Waals surface area contributed by atoms with Crippen LogP contribution in [0.1, 0.15) is 73.6 Å². The fourth-order valence-electron chi connectivity index (χ4n) is 3.25. The van der Waals surface area contributed by atoms with Gasteiger partial charge in [-0.05, 0) is 55.1 Å². The number of carbonyl (C=O) groups is 1. The summed E-state index contributed by atoms with van der Waals surface area (Å²) in [5.74, 6) is -0.716. The number of aliphatic hydroxyl groups is 1. The van der Waals surface area contributed by atoms with Crippen molar-refractivity contribution in [2.75, 3.05) is 0 Å². The highest BCUT2D eigenvalue weighted by Gasteiger charge is 2.41. The van der Waals surface area contributed by atoms with Gasteiger partial charge in [0.1, 0.15) is 0 Å². The lowest BCUT2D eigenvalue weighted by Crippen LogP contribution is -2.46. The van der Waals surface area contributed by atoms with Crippen molar-refractivity contribution in [3.05, 3.63) is 12.2 Å². The number of aliphatic carboxylic acids is 1. The quantitative estimate of drug-likeness (QED) is 0.477. The predicted molar refractivity (Wildman–Crippen MR) is 110 cm³/mol. The molecule has 1 saturated carbocycles. The molecule has 1 fully saturated rings. The van der Waals surface area contributed by atoms with Crippen LogP contribution in [-0.4, -0.2) is 36.2 Å². The summed E-state index contributed by atoms with van der Waals surface area (Å²) >= 11 is 0. The van der Waals surface area contributed by atoms with Crippen LogP contribution in [0.3, 0.4) is 0 Å². The maximum atomic E-state index is 11.0. The second kappa shape index (κ2) is 8.15. The van der Waals surface area contributed by atoms with E-state index >= 15 is 0 Å². The molecule has 2 N–H and O–H groups in total. The van der Waals surface area contributed by atoms with E-state index in [4.69, 9.17) is 9.53 Å². The highest BCUT2D eigenvalue weighted by molar-refractivity contribution is 6.74. The Morgan fingerprint density at radius 3 is 2.31 bits per heavy atom. The molecule has 0 saturated heterocycles. The average Bonchev–Trinajstić information content (AvgIpc) is 2.39. The summed E-state index contributed by atoms with van der Waals surface area (Å²) in [6, 6.07) is 0. The van der Waals surface area contributed by atoms with Gasteiger partial charge < -0.3 is 14.6 Å². The number of rotatable bonds is 6. The van der Waals surface area contributed by atoms with Gasteiger partial charge in [-0.2, -0.15) is 0 Å². The number of hydrogen-bond donors (Lipinski definition) is 2. The minimum atomic E-state index is -1.89. The molecule has 26 heavy (non-hydrogen) atoms. The van der Waals surface area contributed by atoms with Crippen LogP contribution in [0.25, 0.3) is 0 Å². The number of allylic oxidation sites excluding steroid dienone is 1. The highest BCUT2D eigenvalue weighted by Crippen LogP contribution is 2.40. The summed E-state index contributed by atoms with van der Waals surface area (Å²) in [7, 11) is -1.89. The Morgan fingerprint density at radius 1 is 1.27 bits per heavy atom. The monoisotopic (exact) mass is 384 g/mol. The fraction of sp³-hybridized carbons (Fsp3) is 0.857. The summed E-state index contributed by atoms with van der Waals surface area (Å²) in [4.78, 5) is 11.0. The van der Waals surface area contributed by atoms with Crippen LogP contribution >= 0.6 is 0 Å². The first-order valence-electron chi connectivity index (χ1n) is 9.86. The summed E-state index contributed by atoms with van der Waals surface area (Å²) in [5.41, 5.74) is -1.09. The molecule has 0 radical (unpaired) electrons. The van der Waals surface area contributed by atoms with Crippen LogP contribution in [0.2, 0.25) is 18.1 Å². The normalized spacial score (nSPS) is 26.9. The molecule has 3 unspecified atom stereocenters. The zero-order chi connectivity index (χ0) is 20.4. The van der Waals surface area contributed by atoms with E-state index in [-0.39, 0.29) is 28.9 Å². The predicted octanol–water partition coefficient (Wildman–Crippen LogP) is 5.38. The topological polar surface area (TPSA) is 66.8 Å². The van der Waals surface area contributed by atoms with Gasteiger partial charge in [-0.15, -0.1) is 0 Å². The van der Waals surface area contributed by atoms with Crippen molar-refractivity contribution in [2.24, 2.45) is 11.3 Å². The average molecular weight is 385 g/mol. The maximum Gasteiger partial charge on any atom is 0.306 e. The number of carboxylic acids is 1. The second-order valence-electron chi connectivity index (χ2n) is 10.7. The molecule has 1 aliphatic carbocycles. The van der Waals surface area contributed by atoms with Crippen molar-refractivity contribution in [3.8, 4) is 0 Å². The molecular weight excluding hydrogens is 344 g/mol. The molecule has 4 nitrogen and oxygen atoms in total. The molecule has 0 aliphatic heterocycles. The van der Waals surface area contributed by atoms with E-state index in [9.17, 15) is 9.90 Å². The first kappa shape index (κ1) is 23.4.